The molecule has 1 aromatic carbocycles. The maximum absolute atomic E-state index is 6.02. The van der Waals surface area contributed by atoms with Gasteiger partial charge >= 0.3 is 0 Å². The van der Waals surface area contributed by atoms with E-state index in [0.717, 1.165) is 16.6 Å². The fraction of sp³-hybridized carbons (Fsp3) is 0.444. The van der Waals surface area contributed by atoms with Gasteiger partial charge in [0.25, 0.3) is 0 Å². The van der Waals surface area contributed by atoms with Crippen molar-refractivity contribution < 1.29 is 4.43 Å². The highest BCUT2D eigenvalue weighted by Crippen LogP contribution is 2.13. The van der Waals surface area contributed by atoms with Crippen LogP contribution >= 0.6 is 0 Å². The summed E-state index contributed by atoms with van der Waals surface area (Å²) < 4.78 is 6.02. The summed E-state index contributed by atoms with van der Waals surface area (Å²) in [6.45, 7) is 11.7. The van der Waals surface area contributed by atoms with E-state index in [1.54, 1.807) is 0 Å². The number of aliphatic imine (C=N–C) groups is 1. The molecule has 0 N–H and O–H groups in total. The molecule has 0 radical (unpaired) electrons. The van der Waals surface area contributed by atoms with Gasteiger partial charge in [0.1, 0.15) is 0 Å². The predicted molar refractivity (Wildman–Crippen MR) is 97.3 cm³/mol. The second-order valence-corrected chi connectivity index (χ2v) is 11.5. The smallest absolute Gasteiger partial charge is 0.183 e. The van der Waals surface area contributed by atoms with Crippen molar-refractivity contribution in [1.29, 1.82) is 0 Å². The number of nitrogens with zero attached hydrogens (tertiary/aromatic N) is 2. The summed E-state index contributed by atoms with van der Waals surface area (Å²) in [6, 6.07) is 12.4. The van der Waals surface area contributed by atoms with Gasteiger partial charge in [0, 0.05) is 11.6 Å². The van der Waals surface area contributed by atoms with Crippen molar-refractivity contribution in [1.82, 2.24) is 4.98 Å². The van der Waals surface area contributed by atoms with Gasteiger partial charge in [0.15, 0.2) is 8.32 Å². The molecule has 0 saturated heterocycles. The molecule has 4 heteroatoms. The summed E-state index contributed by atoms with van der Waals surface area (Å²) in [7, 11) is -1.50. The van der Waals surface area contributed by atoms with E-state index in [1.165, 1.54) is 0 Å². The van der Waals surface area contributed by atoms with Crippen LogP contribution in [-0.4, -0.2) is 32.2 Å². The quantitative estimate of drug-likeness (QED) is 0.580. The zero-order valence-electron chi connectivity index (χ0n) is 14.2. The molecule has 1 aromatic heterocycles. The summed E-state index contributed by atoms with van der Waals surface area (Å²) in [5.41, 5.74) is 1.91. The monoisotopic (exact) mass is 314 g/mol. The molecule has 0 amide bonds. The van der Waals surface area contributed by atoms with Gasteiger partial charge in [-0.05, 0) is 37.7 Å². The van der Waals surface area contributed by atoms with E-state index in [9.17, 15) is 0 Å². The summed E-state index contributed by atoms with van der Waals surface area (Å²) in [4.78, 5) is 9.35. The first-order valence-corrected chi connectivity index (χ1v) is 11.3. The number of benzene rings is 1. The molecule has 22 heavy (non-hydrogen) atoms. The number of aromatic nitrogens is 1. The van der Waals surface area contributed by atoms with E-state index in [2.05, 4.69) is 50.6 Å². The van der Waals surface area contributed by atoms with Gasteiger partial charge in [-0.3, -0.25) is 4.99 Å². The Morgan fingerprint density at radius 1 is 1.14 bits per heavy atom. The van der Waals surface area contributed by atoms with E-state index in [4.69, 9.17) is 9.42 Å². The van der Waals surface area contributed by atoms with Crippen LogP contribution in [0.5, 0.6) is 0 Å². The minimum atomic E-state index is -1.50. The third kappa shape index (κ3) is 5.04. The van der Waals surface area contributed by atoms with Gasteiger partial charge < -0.3 is 4.43 Å². The Balaban J connectivity index is 2.11. The van der Waals surface area contributed by atoms with E-state index < -0.39 is 8.32 Å². The van der Waals surface area contributed by atoms with Crippen molar-refractivity contribution in [2.45, 2.75) is 39.5 Å². The first-order valence-electron chi connectivity index (χ1n) is 7.88. The molecule has 1 heterocycles. The molecular formula is C18H26N2OSi. The average molecular weight is 315 g/mol. The first-order chi connectivity index (χ1) is 10.3. The Bertz CT molecular complexity index is 647. The molecule has 0 fully saturated rings. The molecule has 0 bridgehead atoms. The van der Waals surface area contributed by atoms with Gasteiger partial charge in [-0.25, -0.2) is 4.98 Å². The standard InChI is InChI=1S/C18H26N2OSi/c1-14(2)18(13-21-22(3,4)5)19-12-16-11-10-15-8-6-7-9-17(15)20-16/h6-12,14,18H,13H2,1-5H3. The van der Waals surface area contributed by atoms with Crippen LogP contribution in [0.25, 0.3) is 10.9 Å². The summed E-state index contributed by atoms with van der Waals surface area (Å²) in [5.74, 6) is 0.452. The minimum Gasteiger partial charge on any atom is -0.415 e. The molecule has 2 rings (SSSR count). The Morgan fingerprint density at radius 3 is 2.55 bits per heavy atom. The normalized spacial score (nSPS) is 14.1. The van der Waals surface area contributed by atoms with Crippen molar-refractivity contribution in [3.63, 3.8) is 0 Å². The summed E-state index contributed by atoms with van der Waals surface area (Å²) >= 11 is 0. The highest BCUT2D eigenvalue weighted by Gasteiger charge is 2.19. The molecular weight excluding hydrogens is 288 g/mol. The molecule has 3 nitrogen and oxygen atoms in total. The van der Waals surface area contributed by atoms with Crippen molar-refractivity contribution in [2.24, 2.45) is 10.9 Å². The second-order valence-electron chi connectivity index (χ2n) is 6.94. The molecule has 2 aromatic rings. The van der Waals surface area contributed by atoms with Crippen LogP contribution in [0, 0.1) is 5.92 Å². The topological polar surface area (TPSA) is 34.5 Å². The lowest BCUT2D eigenvalue weighted by Gasteiger charge is -2.23. The Kier molecular flexibility index (Phi) is 5.48. The van der Waals surface area contributed by atoms with Gasteiger partial charge in [0.05, 0.1) is 23.9 Å². The maximum Gasteiger partial charge on any atom is 0.183 e. The van der Waals surface area contributed by atoms with Crippen molar-refractivity contribution in [3.8, 4) is 0 Å². The molecule has 0 aliphatic heterocycles. The van der Waals surface area contributed by atoms with E-state index in [0.29, 0.717) is 12.5 Å². The fourth-order valence-electron chi connectivity index (χ4n) is 2.07. The third-order valence-corrected chi connectivity index (χ3v) is 4.51. The van der Waals surface area contributed by atoms with Gasteiger partial charge in [0.2, 0.25) is 0 Å². The molecule has 1 atom stereocenters. The number of pyridine rings is 1. The van der Waals surface area contributed by atoms with E-state index in [-0.39, 0.29) is 6.04 Å². The van der Waals surface area contributed by atoms with Gasteiger partial charge in [-0.1, -0.05) is 38.1 Å². The van der Waals surface area contributed by atoms with Crippen LogP contribution in [0.2, 0.25) is 19.6 Å². The van der Waals surface area contributed by atoms with Crippen LogP contribution in [-0.2, 0) is 4.43 Å². The van der Waals surface area contributed by atoms with Crippen LogP contribution in [0.15, 0.2) is 41.4 Å². The Labute approximate surface area is 134 Å². The molecule has 1 unspecified atom stereocenters. The summed E-state index contributed by atoms with van der Waals surface area (Å²) in [5, 5.41) is 1.15. The molecule has 118 valence electrons. The highest BCUT2D eigenvalue weighted by atomic mass is 28.4. The Morgan fingerprint density at radius 2 is 1.86 bits per heavy atom. The number of hydrogen-bond donors (Lipinski definition) is 0. The Hall–Kier alpha value is -1.52. The van der Waals surface area contributed by atoms with Crippen molar-refractivity contribution in [2.75, 3.05) is 6.61 Å². The lowest BCUT2D eigenvalue weighted by molar-refractivity contribution is 0.255. The van der Waals surface area contributed by atoms with Crippen LogP contribution in [0.3, 0.4) is 0 Å². The molecule has 0 spiro atoms. The maximum atomic E-state index is 6.02. The zero-order valence-corrected chi connectivity index (χ0v) is 15.2. The minimum absolute atomic E-state index is 0.181. The largest absolute Gasteiger partial charge is 0.415 e. The van der Waals surface area contributed by atoms with Gasteiger partial charge in [-0.2, -0.15) is 0 Å². The number of rotatable bonds is 6. The lowest BCUT2D eigenvalue weighted by Crippen LogP contribution is -2.31. The summed E-state index contributed by atoms with van der Waals surface area (Å²) in [6.07, 6.45) is 1.88. The zero-order chi connectivity index (χ0) is 16.2. The van der Waals surface area contributed by atoms with E-state index >= 15 is 0 Å². The SMILES string of the molecule is CC(C)C(CO[Si](C)(C)C)N=Cc1ccc2ccccc2n1. The highest BCUT2D eigenvalue weighted by molar-refractivity contribution is 6.69. The van der Waals surface area contributed by atoms with Gasteiger partial charge in [-0.15, -0.1) is 0 Å². The lowest BCUT2D eigenvalue weighted by atomic mass is 10.1. The third-order valence-electron chi connectivity index (χ3n) is 3.47. The molecule has 0 aliphatic rings. The van der Waals surface area contributed by atoms with Crippen molar-refractivity contribution >= 4 is 25.4 Å². The first kappa shape index (κ1) is 16.8. The predicted octanol–water partition coefficient (Wildman–Crippen LogP) is 4.53. The number of hydrogen-bond acceptors (Lipinski definition) is 3. The molecule has 0 saturated carbocycles. The van der Waals surface area contributed by atoms with Crippen molar-refractivity contribution in [3.05, 3.63) is 42.1 Å². The number of para-hydroxylation sites is 1. The van der Waals surface area contributed by atoms with E-state index in [1.807, 2.05) is 30.5 Å². The fourth-order valence-corrected chi connectivity index (χ4v) is 2.74. The number of fused-ring (bicyclic) bond motifs is 1. The average Bonchev–Trinajstić information content (AvgIpc) is 2.45. The van der Waals surface area contributed by atoms with Crippen LogP contribution in [0.4, 0.5) is 0 Å². The van der Waals surface area contributed by atoms with Crippen LogP contribution < -0.4 is 0 Å². The van der Waals surface area contributed by atoms with Crippen LogP contribution in [0.1, 0.15) is 19.5 Å². The second kappa shape index (κ2) is 7.16. The molecule has 0 aliphatic carbocycles.